The molecule has 1 fully saturated rings. The molecule has 4 rings (SSSR count). The van der Waals surface area contributed by atoms with E-state index in [1.807, 2.05) is 44.1 Å². The number of benzene rings is 1. The average molecular weight is 570 g/mol. The van der Waals surface area contributed by atoms with Gasteiger partial charge in [0, 0.05) is 43.2 Å². The van der Waals surface area contributed by atoms with Gasteiger partial charge in [-0.25, -0.2) is 4.98 Å². The number of pyridine rings is 1. The Morgan fingerprint density at radius 1 is 1.21 bits per heavy atom. The number of hydrogen-bond acceptors (Lipinski definition) is 8. The SMILES string of the molecule is C[C@@H](C=Cc1cnc(Oc2ccc(OCC3CC3)cc2Cl)s1)NC(=O)c1ccnc(C(=O)NCCN(C)C)c1. The fourth-order valence-electron chi connectivity index (χ4n) is 3.40. The molecule has 9 nitrogen and oxygen atoms in total. The lowest BCUT2D eigenvalue weighted by Gasteiger charge is -2.11. The molecule has 1 aliphatic rings. The maximum Gasteiger partial charge on any atom is 0.279 e. The number of ether oxygens (including phenoxy) is 2. The van der Waals surface area contributed by atoms with Crippen molar-refractivity contribution < 1.29 is 19.1 Å². The van der Waals surface area contributed by atoms with Crippen LogP contribution in [0.3, 0.4) is 0 Å². The molecule has 0 saturated heterocycles. The standard InChI is InChI=1S/C28H32ClN5O4S/c1-18(33-26(35)20-10-11-30-24(14-20)27(36)31-12-13-34(2)3)4-8-22-16-32-28(39-22)38-25-9-7-21(15-23(25)29)37-17-19-5-6-19/h4,7-11,14-16,18-19H,5-6,12-13,17H2,1-3H3,(H,31,36)(H,33,35)/t18-/m0/s1. The van der Waals surface area contributed by atoms with E-state index in [0.29, 0.717) is 40.5 Å². The summed E-state index contributed by atoms with van der Waals surface area (Å²) in [6, 6.07) is 8.16. The number of nitrogens with one attached hydrogen (secondary N) is 2. The third-order valence-corrected chi connectivity index (χ3v) is 6.93. The average Bonchev–Trinajstić information content (AvgIpc) is 3.64. The first-order valence-corrected chi connectivity index (χ1v) is 13.9. The molecule has 0 spiro atoms. The van der Waals surface area contributed by atoms with Gasteiger partial charge < -0.3 is 25.0 Å². The van der Waals surface area contributed by atoms with Crippen LogP contribution in [0.4, 0.5) is 0 Å². The van der Waals surface area contributed by atoms with Crippen LogP contribution >= 0.6 is 22.9 Å². The summed E-state index contributed by atoms with van der Waals surface area (Å²) < 4.78 is 11.6. The van der Waals surface area contributed by atoms with Crippen molar-refractivity contribution in [2.45, 2.75) is 25.8 Å². The number of halogens is 1. The van der Waals surface area contributed by atoms with Crippen LogP contribution in [-0.4, -0.2) is 66.5 Å². The second-order valence-corrected chi connectivity index (χ2v) is 11.0. The van der Waals surface area contributed by atoms with Gasteiger partial charge in [0.1, 0.15) is 17.2 Å². The Bertz CT molecular complexity index is 1320. The number of carbonyl (C=O) groups is 2. The van der Waals surface area contributed by atoms with E-state index in [1.54, 1.807) is 24.4 Å². The summed E-state index contributed by atoms with van der Waals surface area (Å²) in [5.41, 5.74) is 0.555. The minimum absolute atomic E-state index is 0.197. The van der Waals surface area contributed by atoms with Gasteiger partial charge in [-0.3, -0.25) is 14.6 Å². The quantitative estimate of drug-likeness (QED) is 0.302. The Hall–Kier alpha value is -3.47. The Kier molecular flexibility index (Phi) is 9.91. The molecule has 1 saturated carbocycles. The van der Waals surface area contributed by atoms with Crippen molar-refractivity contribution in [2.75, 3.05) is 33.8 Å². The zero-order chi connectivity index (χ0) is 27.8. The van der Waals surface area contributed by atoms with Crippen LogP contribution in [0.25, 0.3) is 6.08 Å². The summed E-state index contributed by atoms with van der Waals surface area (Å²) in [4.78, 5) is 36.3. The molecule has 11 heteroatoms. The molecule has 1 aliphatic carbocycles. The Morgan fingerprint density at radius 3 is 2.77 bits per heavy atom. The van der Waals surface area contributed by atoms with Crippen LogP contribution in [-0.2, 0) is 0 Å². The van der Waals surface area contributed by atoms with Gasteiger partial charge in [-0.1, -0.05) is 29.0 Å². The van der Waals surface area contributed by atoms with Crippen molar-refractivity contribution in [3.63, 3.8) is 0 Å². The molecule has 2 amide bonds. The summed E-state index contributed by atoms with van der Waals surface area (Å²) in [6.45, 7) is 3.77. The van der Waals surface area contributed by atoms with Gasteiger partial charge in [0.05, 0.1) is 16.5 Å². The highest BCUT2D eigenvalue weighted by Gasteiger charge is 2.22. The molecule has 2 aromatic heterocycles. The summed E-state index contributed by atoms with van der Waals surface area (Å²) in [7, 11) is 3.85. The van der Waals surface area contributed by atoms with Crippen LogP contribution in [0.1, 0.15) is 45.5 Å². The van der Waals surface area contributed by atoms with E-state index in [1.165, 1.54) is 36.4 Å². The van der Waals surface area contributed by atoms with Crippen LogP contribution in [0.15, 0.2) is 48.8 Å². The smallest absolute Gasteiger partial charge is 0.279 e. The summed E-state index contributed by atoms with van der Waals surface area (Å²) in [5.74, 6) is 1.27. The molecule has 1 aromatic carbocycles. The molecule has 0 bridgehead atoms. The zero-order valence-corrected chi connectivity index (χ0v) is 23.7. The van der Waals surface area contributed by atoms with Crippen LogP contribution < -0.4 is 20.1 Å². The lowest BCUT2D eigenvalue weighted by atomic mass is 10.2. The third-order valence-electron chi connectivity index (χ3n) is 5.79. The number of rotatable bonds is 13. The van der Waals surface area contributed by atoms with E-state index in [2.05, 4.69) is 20.6 Å². The summed E-state index contributed by atoms with van der Waals surface area (Å²) in [6.07, 6.45) is 9.31. The van der Waals surface area contributed by atoms with Gasteiger partial charge in [-0.2, -0.15) is 0 Å². The zero-order valence-electron chi connectivity index (χ0n) is 22.1. The summed E-state index contributed by atoms with van der Waals surface area (Å²) in [5, 5.41) is 6.61. The van der Waals surface area contributed by atoms with E-state index < -0.39 is 0 Å². The van der Waals surface area contributed by atoms with Crippen molar-refractivity contribution in [1.29, 1.82) is 0 Å². The maximum absolute atomic E-state index is 12.7. The normalized spacial score (nSPS) is 13.9. The predicted molar refractivity (Wildman–Crippen MR) is 153 cm³/mol. The number of hydrogen-bond donors (Lipinski definition) is 2. The van der Waals surface area contributed by atoms with Gasteiger partial charge in [0.25, 0.3) is 17.0 Å². The van der Waals surface area contributed by atoms with Crippen molar-refractivity contribution in [3.05, 3.63) is 70.0 Å². The Labute approximate surface area is 237 Å². The second kappa shape index (κ2) is 13.5. The second-order valence-electron chi connectivity index (χ2n) is 9.59. The van der Waals surface area contributed by atoms with Crippen LogP contribution in [0.5, 0.6) is 16.7 Å². The van der Waals surface area contributed by atoms with Crippen molar-refractivity contribution >= 4 is 40.8 Å². The Balaban J connectivity index is 1.27. The molecule has 0 radical (unpaired) electrons. The van der Waals surface area contributed by atoms with Gasteiger partial charge >= 0.3 is 0 Å². The number of aromatic nitrogens is 2. The predicted octanol–water partition coefficient (Wildman–Crippen LogP) is 4.90. The lowest BCUT2D eigenvalue weighted by molar-refractivity contribution is 0.0946. The molecule has 206 valence electrons. The molecule has 39 heavy (non-hydrogen) atoms. The fraction of sp³-hybridized carbons (Fsp3) is 0.357. The van der Waals surface area contributed by atoms with Crippen molar-refractivity contribution in [2.24, 2.45) is 5.92 Å². The molecular weight excluding hydrogens is 538 g/mol. The van der Waals surface area contributed by atoms with E-state index in [9.17, 15) is 9.59 Å². The van der Waals surface area contributed by atoms with Gasteiger partial charge in [0.2, 0.25) is 0 Å². The van der Waals surface area contributed by atoms with Gasteiger partial charge in [0.15, 0.2) is 0 Å². The highest BCUT2D eigenvalue weighted by molar-refractivity contribution is 7.14. The first-order valence-electron chi connectivity index (χ1n) is 12.7. The Morgan fingerprint density at radius 2 is 2.03 bits per heavy atom. The van der Waals surface area contributed by atoms with Gasteiger partial charge in [-0.15, -0.1) is 0 Å². The number of likely N-dealkylation sites (N-methyl/N-ethyl adjacent to an activating group) is 1. The maximum atomic E-state index is 12.7. The van der Waals surface area contributed by atoms with Crippen LogP contribution in [0, 0.1) is 5.92 Å². The highest BCUT2D eigenvalue weighted by atomic mass is 35.5. The molecule has 2 heterocycles. The first-order chi connectivity index (χ1) is 18.8. The molecular formula is C28H32ClN5O4S. The molecule has 0 unspecified atom stereocenters. The number of amides is 2. The van der Waals surface area contributed by atoms with E-state index in [0.717, 1.165) is 17.2 Å². The minimum Gasteiger partial charge on any atom is -0.493 e. The van der Waals surface area contributed by atoms with Gasteiger partial charge in [-0.05, 0) is 70.1 Å². The van der Waals surface area contributed by atoms with Crippen molar-refractivity contribution in [3.8, 4) is 16.7 Å². The fourth-order valence-corrected chi connectivity index (χ4v) is 4.30. The van der Waals surface area contributed by atoms with E-state index >= 15 is 0 Å². The number of nitrogens with zero attached hydrogens (tertiary/aromatic N) is 3. The van der Waals surface area contributed by atoms with Crippen LogP contribution in [0.2, 0.25) is 5.02 Å². The first kappa shape index (κ1) is 28.5. The molecule has 1 atom stereocenters. The van der Waals surface area contributed by atoms with E-state index in [4.69, 9.17) is 21.1 Å². The molecule has 3 aromatic rings. The summed E-state index contributed by atoms with van der Waals surface area (Å²) >= 11 is 7.72. The topological polar surface area (TPSA) is 106 Å². The largest absolute Gasteiger partial charge is 0.493 e. The highest BCUT2D eigenvalue weighted by Crippen LogP contribution is 2.35. The van der Waals surface area contributed by atoms with Crippen molar-refractivity contribution in [1.82, 2.24) is 25.5 Å². The minimum atomic E-state index is -0.318. The molecule has 0 aliphatic heterocycles. The lowest BCUT2D eigenvalue weighted by Crippen LogP contribution is -2.33. The number of thiazole rings is 1. The molecule has 2 N–H and O–H groups in total. The van der Waals surface area contributed by atoms with E-state index in [-0.39, 0.29) is 23.6 Å². The monoisotopic (exact) mass is 569 g/mol. The third kappa shape index (κ3) is 9.05. The number of carbonyl (C=O) groups excluding carboxylic acids is 2.